The number of para-hydroxylation sites is 2. The Morgan fingerprint density at radius 3 is 2.50 bits per heavy atom. The van der Waals surface area contributed by atoms with E-state index in [0.29, 0.717) is 17.6 Å². The highest BCUT2D eigenvalue weighted by molar-refractivity contribution is 5.98. The molecule has 1 amide bonds. The van der Waals surface area contributed by atoms with Crippen LogP contribution in [0.25, 0.3) is 11.0 Å². The largest absolute Gasteiger partial charge is 0.382 e. The van der Waals surface area contributed by atoms with Crippen molar-refractivity contribution < 1.29 is 4.79 Å². The first kappa shape index (κ1) is 15.7. The molecule has 2 aromatic carbocycles. The maximum atomic E-state index is 12.4. The molecule has 1 heterocycles. The summed E-state index contributed by atoms with van der Waals surface area (Å²) < 4.78 is 0. The number of aromatic nitrogens is 2. The van der Waals surface area contributed by atoms with Gasteiger partial charge in [-0.1, -0.05) is 24.3 Å². The molecule has 3 aromatic rings. The lowest BCUT2D eigenvalue weighted by Gasteiger charge is -2.14. The summed E-state index contributed by atoms with van der Waals surface area (Å²) >= 11 is 0. The monoisotopic (exact) mass is 321 g/mol. The molecule has 0 fully saturated rings. The molecule has 122 valence electrons. The van der Waals surface area contributed by atoms with Crippen LogP contribution in [0.15, 0.2) is 48.5 Å². The zero-order chi connectivity index (χ0) is 17.1. The van der Waals surface area contributed by atoms with E-state index in [1.54, 1.807) is 6.07 Å². The molecule has 3 N–H and O–H groups in total. The van der Waals surface area contributed by atoms with E-state index in [-0.39, 0.29) is 17.4 Å². The van der Waals surface area contributed by atoms with Gasteiger partial charge in [0.15, 0.2) is 11.5 Å². The summed E-state index contributed by atoms with van der Waals surface area (Å²) in [5, 5.41) is 2.85. The van der Waals surface area contributed by atoms with Gasteiger partial charge in [-0.3, -0.25) is 4.79 Å². The lowest BCUT2D eigenvalue weighted by atomic mass is 10.2. The first-order valence-corrected chi connectivity index (χ1v) is 7.61. The van der Waals surface area contributed by atoms with E-state index < -0.39 is 0 Å². The van der Waals surface area contributed by atoms with Crippen molar-refractivity contribution in [1.82, 2.24) is 15.3 Å². The van der Waals surface area contributed by atoms with E-state index in [1.807, 2.05) is 61.5 Å². The summed E-state index contributed by atoms with van der Waals surface area (Å²) in [5.74, 6) is -0.200. The summed E-state index contributed by atoms with van der Waals surface area (Å²) in [6.07, 6.45) is 0. The molecule has 0 saturated heterocycles. The maximum Gasteiger partial charge on any atom is 0.274 e. The molecule has 24 heavy (non-hydrogen) atoms. The number of carbonyl (C=O) groups excluding carboxylic acids is 1. The molecule has 0 aliphatic carbocycles. The van der Waals surface area contributed by atoms with Crippen LogP contribution in [0.2, 0.25) is 0 Å². The fourth-order valence-corrected chi connectivity index (χ4v) is 2.39. The fraction of sp³-hybridized carbons (Fsp3) is 0.167. The third-order valence-corrected chi connectivity index (χ3v) is 3.69. The van der Waals surface area contributed by atoms with Crippen LogP contribution in [0.3, 0.4) is 0 Å². The van der Waals surface area contributed by atoms with Crippen molar-refractivity contribution in [3.05, 3.63) is 59.8 Å². The van der Waals surface area contributed by atoms with E-state index in [9.17, 15) is 4.79 Å². The fourth-order valence-electron chi connectivity index (χ4n) is 2.39. The van der Waals surface area contributed by atoms with Crippen LogP contribution in [0.4, 0.5) is 11.5 Å². The van der Waals surface area contributed by atoms with Gasteiger partial charge in [-0.25, -0.2) is 9.97 Å². The Balaban J connectivity index is 1.78. The number of nitrogens with two attached hydrogens (primary N) is 1. The van der Waals surface area contributed by atoms with Gasteiger partial charge in [0.2, 0.25) is 0 Å². The molecular weight excluding hydrogens is 302 g/mol. The van der Waals surface area contributed by atoms with Crippen molar-refractivity contribution in [2.75, 3.05) is 24.7 Å². The van der Waals surface area contributed by atoms with Gasteiger partial charge in [-0.2, -0.15) is 0 Å². The molecule has 0 aliphatic rings. The summed E-state index contributed by atoms with van der Waals surface area (Å²) in [5.41, 5.74) is 9.42. The van der Waals surface area contributed by atoms with Gasteiger partial charge in [0.1, 0.15) is 0 Å². The van der Waals surface area contributed by atoms with Gasteiger partial charge < -0.3 is 16.0 Å². The second kappa shape index (κ2) is 6.54. The molecule has 0 aliphatic heterocycles. The predicted octanol–water partition coefficient (Wildman–Crippen LogP) is 2.21. The third kappa shape index (κ3) is 3.27. The number of benzene rings is 2. The van der Waals surface area contributed by atoms with Gasteiger partial charge in [0.05, 0.1) is 11.0 Å². The lowest BCUT2D eigenvalue weighted by Crippen LogP contribution is -2.25. The summed E-state index contributed by atoms with van der Waals surface area (Å²) in [6, 6.07) is 15.3. The highest BCUT2D eigenvalue weighted by Crippen LogP contribution is 2.15. The molecule has 0 bridgehead atoms. The number of hydrogen-bond acceptors (Lipinski definition) is 5. The van der Waals surface area contributed by atoms with Gasteiger partial charge in [-0.15, -0.1) is 0 Å². The minimum atomic E-state index is -0.332. The smallest absolute Gasteiger partial charge is 0.274 e. The van der Waals surface area contributed by atoms with Crippen LogP contribution < -0.4 is 16.0 Å². The van der Waals surface area contributed by atoms with Crippen LogP contribution in [0, 0.1) is 0 Å². The zero-order valence-corrected chi connectivity index (χ0v) is 13.7. The number of nitrogens with zero attached hydrogens (tertiary/aromatic N) is 3. The predicted molar refractivity (Wildman–Crippen MR) is 95.9 cm³/mol. The zero-order valence-electron chi connectivity index (χ0n) is 13.7. The average Bonchev–Trinajstić information content (AvgIpc) is 2.59. The maximum absolute atomic E-state index is 12.4. The molecule has 0 atom stereocenters. The number of hydrogen-bond donors (Lipinski definition) is 2. The van der Waals surface area contributed by atoms with Crippen molar-refractivity contribution in [3.8, 4) is 0 Å². The number of carbonyl (C=O) groups is 1. The van der Waals surface area contributed by atoms with Gasteiger partial charge in [0.25, 0.3) is 5.91 Å². The Bertz CT molecular complexity index is 891. The average molecular weight is 321 g/mol. The lowest BCUT2D eigenvalue weighted by molar-refractivity contribution is 0.0947. The molecule has 6 heteroatoms. The molecule has 0 unspecified atom stereocenters. The molecule has 0 radical (unpaired) electrons. The molecule has 1 aromatic heterocycles. The molecule has 0 spiro atoms. The number of nitrogen functional groups attached to an aromatic ring is 1. The summed E-state index contributed by atoms with van der Waals surface area (Å²) in [4.78, 5) is 23.0. The van der Waals surface area contributed by atoms with E-state index >= 15 is 0 Å². The van der Waals surface area contributed by atoms with Crippen LogP contribution >= 0.6 is 0 Å². The Morgan fingerprint density at radius 1 is 1.08 bits per heavy atom. The van der Waals surface area contributed by atoms with Crippen molar-refractivity contribution in [3.63, 3.8) is 0 Å². The Hall–Kier alpha value is -3.15. The first-order chi connectivity index (χ1) is 11.5. The minimum absolute atomic E-state index is 0.133. The Labute approximate surface area is 140 Å². The minimum Gasteiger partial charge on any atom is -0.382 e. The van der Waals surface area contributed by atoms with E-state index in [0.717, 1.165) is 11.3 Å². The van der Waals surface area contributed by atoms with E-state index in [4.69, 9.17) is 5.73 Å². The van der Waals surface area contributed by atoms with Gasteiger partial charge >= 0.3 is 0 Å². The molecular formula is C18H19N5O. The van der Waals surface area contributed by atoms with E-state index in [1.165, 1.54) is 0 Å². The quantitative estimate of drug-likeness (QED) is 0.769. The van der Waals surface area contributed by atoms with Crippen LogP contribution in [-0.4, -0.2) is 30.0 Å². The van der Waals surface area contributed by atoms with Crippen molar-refractivity contribution in [1.29, 1.82) is 0 Å². The van der Waals surface area contributed by atoms with Crippen molar-refractivity contribution >= 4 is 28.4 Å². The molecule has 3 rings (SSSR count). The van der Waals surface area contributed by atoms with Gasteiger partial charge in [0, 0.05) is 26.3 Å². The highest BCUT2D eigenvalue weighted by Gasteiger charge is 2.14. The van der Waals surface area contributed by atoms with Crippen molar-refractivity contribution in [2.45, 2.75) is 6.54 Å². The Morgan fingerprint density at radius 2 is 1.79 bits per heavy atom. The topological polar surface area (TPSA) is 84.1 Å². The number of nitrogens with one attached hydrogen (secondary N) is 1. The number of fused-ring (bicyclic) bond motifs is 1. The molecule has 6 nitrogen and oxygen atoms in total. The second-order valence-electron chi connectivity index (χ2n) is 5.69. The number of anilines is 2. The SMILES string of the molecule is CN(C)c1cccc(CNC(=O)c2nc3ccccc3nc2N)c1. The number of rotatable bonds is 4. The first-order valence-electron chi connectivity index (χ1n) is 7.61. The summed E-state index contributed by atoms with van der Waals surface area (Å²) in [7, 11) is 3.95. The van der Waals surface area contributed by atoms with Crippen molar-refractivity contribution in [2.24, 2.45) is 0 Å². The number of amides is 1. The normalized spacial score (nSPS) is 10.6. The Kier molecular flexibility index (Phi) is 4.29. The standard InChI is InChI=1S/C18H19N5O/c1-23(2)13-7-5-6-12(10-13)11-20-18(24)16-17(19)22-15-9-4-3-8-14(15)21-16/h3-10H,11H2,1-2H3,(H2,19,22)(H,20,24). The van der Waals surface area contributed by atoms with Crippen LogP contribution in [-0.2, 0) is 6.54 Å². The van der Waals surface area contributed by atoms with Gasteiger partial charge in [-0.05, 0) is 29.8 Å². The molecule has 0 saturated carbocycles. The second-order valence-corrected chi connectivity index (χ2v) is 5.69. The third-order valence-electron chi connectivity index (χ3n) is 3.69. The van der Waals surface area contributed by atoms with E-state index in [2.05, 4.69) is 15.3 Å². The van der Waals surface area contributed by atoms with Crippen LogP contribution in [0.1, 0.15) is 16.1 Å². The van der Waals surface area contributed by atoms with Crippen LogP contribution in [0.5, 0.6) is 0 Å². The summed E-state index contributed by atoms with van der Waals surface area (Å²) in [6.45, 7) is 0.397. The highest BCUT2D eigenvalue weighted by atomic mass is 16.1.